The van der Waals surface area contributed by atoms with Gasteiger partial charge in [0.25, 0.3) is 0 Å². The summed E-state index contributed by atoms with van der Waals surface area (Å²) in [5.74, 6) is -0.932. The van der Waals surface area contributed by atoms with Gasteiger partial charge < -0.3 is 15.2 Å². The van der Waals surface area contributed by atoms with Gasteiger partial charge in [-0.05, 0) is 40.3 Å². The van der Waals surface area contributed by atoms with Crippen molar-refractivity contribution in [3.63, 3.8) is 0 Å². The predicted molar refractivity (Wildman–Crippen MR) is 104 cm³/mol. The summed E-state index contributed by atoms with van der Waals surface area (Å²) in [6.45, 7) is 0.723. The van der Waals surface area contributed by atoms with Crippen LogP contribution in [0, 0.1) is 9.39 Å². The second-order valence-corrected chi connectivity index (χ2v) is 7.03. The van der Waals surface area contributed by atoms with Crippen LogP contribution >= 0.6 is 22.6 Å². The minimum atomic E-state index is -0.526. The van der Waals surface area contributed by atoms with Gasteiger partial charge in [0.15, 0.2) is 5.82 Å². The summed E-state index contributed by atoms with van der Waals surface area (Å²) in [4.78, 5) is 27.8. The minimum Gasteiger partial charge on any atom is -0.354 e. The number of halogens is 2. The van der Waals surface area contributed by atoms with Crippen LogP contribution in [0.15, 0.2) is 41.2 Å². The van der Waals surface area contributed by atoms with Gasteiger partial charge in [-0.1, -0.05) is 17.3 Å². The summed E-state index contributed by atoms with van der Waals surface area (Å²) in [5, 5.41) is 13.1. The van der Waals surface area contributed by atoms with Gasteiger partial charge in [-0.2, -0.15) is 10.1 Å². The first-order valence-corrected chi connectivity index (χ1v) is 9.37. The summed E-state index contributed by atoms with van der Waals surface area (Å²) in [6, 6.07) is 5.70. The Morgan fingerprint density at radius 1 is 1.18 bits per heavy atom. The molecule has 0 aliphatic heterocycles. The van der Waals surface area contributed by atoms with E-state index in [9.17, 15) is 14.0 Å². The lowest BCUT2D eigenvalue weighted by molar-refractivity contribution is -0.120. The average Bonchev–Trinajstić information content (AvgIpc) is 3.30. The fourth-order valence-corrected chi connectivity index (χ4v) is 2.73. The summed E-state index contributed by atoms with van der Waals surface area (Å²) < 4.78 is 20.4. The Balaban J connectivity index is 1.38. The number of aromatic nitrogens is 4. The molecular weight excluding hydrogens is 482 g/mol. The summed E-state index contributed by atoms with van der Waals surface area (Å²) in [5.41, 5.74) is 0.702. The molecule has 0 saturated carbocycles. The van der Waals surface area contributed by atoms with Gasteiger partial charge in [-0.25, -0.2) is 4.39 Å². The van der Waals surface area contributed by atoms with Crippen molar-refractivity contribution >= 4 is 34.4 Å². The minimum absolute atomic E-state index is 0.133. The highest BCUT2D eigenvalue weighted by atomic mass is 127. The van der Waals surface area contributed by atoms with Crippen molar-refractivity contribution in [2.75, 3.05) is 13.1 Å². The van der Waals surface area contributed by atoms with E-state index in [1.807, 2.05) is 6.20 Å². The van der Waals surface area contributed by atoms with Crippen molar-refractivity contribution < 1.29 is 18.5 Å². The number of rotatable bonds is 8. The summed E-state index contributed by atoms with van der Waals surface area (Å²) in [6.07, 6.45) is 3.64. The summed E-state index contributed by atoms with van der Waals surface area (Å²) >= 11 is 2.13. The molecule has 0 spiro atoms. The van der Waals surface area contributed by atoms with Crippen LogP contribution in [0.25, 0.3) is 0 Å². The highest BCUT2D eigenvalue weighted by Gasteiger charge is 2.15. The molecule has 11 heteroatoms. The van der Waals surface area contributed by atoms with Gasteiger partial charge in [-0.15, -0.1) is 0 Å². The highest BCUT2D eigenvalue weighted by molar-refractivity contribution is 14.1. The molecular formula is C17H16FIN6O3. The molecule has 0 aliphatic rings. The SMILES string of the molecule is O=C(Cc1ccc(F)cc1)NCCNC(=O)c1nc(Cn2cc(I)cn2)no1. The predicted octanol–water partition coefficient (Wildman–Crippen LogP) is 1.15. The molecule has 2 heterocycles. The van der Waals surface area contributed by atoms with E-state index in [2.05, 4.69) is 48.5 Å². The van der Waals surface area contributed by atoms with E-state index in [0.717, 1.165) is 3.57 Å². The van der Waals surface area contributed by atoms with Gasteiger partial charge in [0.1, 0.15) is 12.4 Å². The van der Waals surface area contributed by atoms with Crippen molar-refractivity contribution in [1.82, 2.24) is 30.6 Å². The summed E-state index contributed by atoms with van der Waals surface area (Å²) in [7, 11) is 0. The van der Waals surface area contributed by atoms with E-state index >= 15 is 0 Å². The van der Waals surface area contributed by atoms with E-state index in [-0.39, 0.29) is 37.1 Å². The fraction of sp³-hybridized carbons (Fsp3) is 0.235. The molecule has 3 rings (SSSR count). The maximum Gasteiger partial charge on any atom is 0.316 e. The van der Waals surface area contributed by atoms with Crippen LogP contribution in [-0.4, -0.2) is 44.8 Å². The van der Waals surface area contributed by atoms with Crippen LogP contribution in [-0.2, 0) is 17.8 Å². The fourth-order valence-electron chi connectivity index (χ4n) is 2.28. The monoisotopic (exact) mass is 498 g/mol. The molecule has 0 aliphatic carbocycles. The van der Waals surface area contributed by atoms with Gasteiger partial charge in [0.2, 0.25) is 5.91 Å². The van der Waals surface area contributed by atoms with Gasteiger partial charge >= 0.3 is 11.8 Å². The quantitative estimate of drug-likeness (QED) is 0.356. The number of hydrogen-bond acceptors (Lipinski definition) is 6. The molecule has 2 N–H and O–H groups in total. The number of benzene rings is 1. The molecule has 1 aromatic carbocycles. The standard InChI is InChI=1S/C17H16FIN6O3/c18-12-3-1-11(2-4-12)7-15(26)20-5-6-21-16(27)17-23-14(24-28-17)10-25-9-13(19)8-22-25/h1-4,8-9H,5-7,10H2,(H,20,26)(H,21,27). The van der Waals surface area contributed by atoms with Crippen molar-refractivity contribution in [2.24, 2.45) is 0 Å². The van der Waals surface area contributed by atoms with Crippen LogP contribution in [0.4, 0.5) is 4.39 Å². The molecule has 3 aromatic rings. The third-order valence-corrected chi connectivity index (χ3v) is 4.14. The zero-order valence-corrected chi connectivity index (χ0v) is 16.7. The Hall–Kier alpha value is -2.83. The smallest absolute Gasteiger partial charge is 0.316 e. The average molecular weight is 498 g/mol. The number of nitrogens with one attached hydrogen (secondary N) is 2. The van der Waals surface area contributed by atoms with Crippen LogP contribution in [0.2, 0.25) is 0 Å². The Kier molecular flexibility index (Phi) is 6.68. The van der Waals surface area contributed by atoms with Gasteiger partial charge in [-0.3, -0.25) is 14.3 Å². The van der Waals surface area contributed by atoms with Crippen LogP contribution < -0.4 is 10.6 Å². The zero-order chi connectivity index (χ0) is 19.9. The van der Waals surface area contributed by atoms with Crippen LogP contribution in [0.5, 0.6) is 0 Å². The van der Waals surface area contributed by atoms with Crippen LogP contribution in [0.3, 0.4) is 0 Å². The first kappa shape index (κ1) is 19.9. The molecule has 0 unspecified atom stereocenters. The van der Waals surface area contributed by atoms with E-state index in [0.29, 0.717) is 17.9 Å². The van der Waals surface area contributed by atoms with E-state index in [4.69, 9.17) is 4.52 Å². The Morgan fingerprint density at radius 2 is 1.93 bits per heavy atom. The highest BCUT2D eigenvalue weighted by Crippen LogP contribution is 2.05. The van der Waals surface area contributed by atoms with Crippen molar-refractivity contribution in [2.45, 2.75) is 13.0 Å². The third-order valence-electron chi connectivity index (χ3n) is 3.58. The van der Waals surface area contributed by atoms with Crippen molar-refractivity contribution in [1.29, 1.82) is 0 Å². The molecule has 0 bridgehead atoms. The molecule has 2 aromatic heterocycles. The lowest BCUT2D eigenvalue weighted by Crippen LogP contribution is -2.35. The van der Waals surface area contributed by atoms with Crippen LogP contribution in [0.1, 0.15) is 22.1 Å². The Labute approximate surface area is 172 Å². The normalized spacial score (nSPS) is 10.6. The molecule has 0 fully saturated rings. The first-order valence-electron chi connectivity index (χ1n) is 8.29. The van der Waals surface area contributed by atoms with Gasteiger partial charge in [0, 0.05) is 19.3 Å². The largest absolute Gasteiger partial charge is 0.354 e. The maximum atomic E-state index is 12.8. The molecule has 0 saturated heterocycles. The molecule has 2 amide bonds. The second-order valence-electron chi connectivity index (χ2n) is 5.78. The Bertz CT molecular complexity index is 956. The van der Waals surface area contributed by atoms with Crippen molar-refractivity contribution in [3.05, 3.63) is 63.3 Å². The van der Waals surface area contributed by atoms with E-state index in [1.165, 1.54) is 12.1 Å². The number of carbonyl (C=O) groups excluding carboxylic acids is 2. The number of nitrogens with zero attached hydrogens (tertiary/aromatic N) is 4. The first-order chi connectivity index (χ1) is 13.5. The molecule has 9 nitrogen and oxygen atoms in total. The maximum absolute atomic E-state index is 12.8. The Morgan fingerprint density at radius 3 is 2.64 bits per heavy atom. The molecule has 0 radical (unpaired) electrons. The van der Waals surface area contributed by atoms with Crippen molar-refractivity contribution in [3.8, 4) is 0 Å². The van der Waals surface area contributed by atoms with E-state index < -0.39 is 5.91 Å². The lowest BCUT2D eigenvalue weighted by Gasteiger charge is -2.06. The van der Waals surface area contributed by atoms with E-state index in [1.54, 1.807) is 23.0 Å². The molecule has 146 valence electrons. The lowest BCUT2D eigenvalue weighted by atomic mass is 10.1. The number of amides is 2. The topological polar surface area (TPSA) is 115 Å². The number of carbonyl (C=O) groups is 2. The number of hydrogen-bond donors (Lipinski definition) is 2. The second kappa shape index (κ2) is 9.39. The molecule has 28 heavy (non-hydrogen) atoms. The zero-order valence-electron chi connectivity index (χ0n) is 14.6. The third kappa shape index (κ3) is 5.84. The van der Waals surface area contributed by atoms with Gasteiger partial charge in [0.05, 0.1) is 16.2 Å². The molecule has 0 atom stereocenters.